The fourth-order valence-corrected chi connectivity index (χ4v) is 4.67. The highest BCUT2D eigenvalue weighted by Gasteiger charge is 2.51. The first kappa shape index (κ1) is 20.8. The normalized spacial score (nSPS) is 15.9. The summed E-state index contributed by atoms with van der Waals surface area (Å²) in [6.45, 7) is 0.179. The summed E-state index contributed by atoms with van der Waals surface area (Å²) in [5.74, 6) is 1.20. The van der Waals surface area contributed by atoms with Gasteiger partial charge in [-0.25, -0.2) is 13.6 Å². The Kier molecular flexibility index (Phi) is 4.88. The van der Waals surface area contributed by atoms with Crippen LogP contribution in [0.4, 0.5) is 5.69 Å². The number of rotatable bonds is 5. The van der Waals surface area contributed by atoms with Crippen LogP contribution in [-0.4, -0.2) is 21.1 Å². The molecule has 0 spiro atoms. The van der Waals surface area contributed by atoms with E-state index in [0.717, 1.165) is 18.4 Å². The van der Waals surface area contributed by atoms with Gasteiger partial charge in [0.25, 0.3) is 0 Å². The van der Waals surface area contributed by atoms with Crippen molar-refractivity contribution in [1.82, 2.24) is 0 Å². The zero-order chi connectivity index (χ0) is 22.5. The smallest absolute Gasteiger partial charge is 0.238 e. The van der Waals surface area contributed by atoms with Gasteiger partial charge in [0, 0.05) is 17.7 Å². The molecule has 1 saturated carbocycles. The van der Waals surface area contributed by atoms with Gasteiger partial charge >= 0.3 is 0 Å². The fourth-order valence-electron chi connectivity index (χ4n) is 3.88. The molecule has 166 valence electrons. The van der Waals surface area contributed by atoms with Gasteiger partial charge in [-0.15, -0.1) is 0 Å². The van der Waals surface area contributed by atoms with E-state index >= 15 is 0 Å². The van der Waals surface area contributed by atoms with E-state index in [-0.39, 0.29) is 19.0 Å². The van der Waals surface area contributed by atoms with E-state index in [1.807, 2.05) is 18.2 Å². The number of fused-ring (bicyclic) bond motifs is 1. The van der Waals surface area contributed by atoms with Gasteiger partial charge in [-0.05, 0) is 66.4 Å². The summed E-state index contributed by atoms with van der Waals surface area (Å²) < 4.78 is 34.2. The van der Waals surface area contributed by atoms with Crippen LogP contribution in [0.3, 0.4) is 0 Å². The van der Waals surface area contributed by atoms with Crippen LogP contribution < -0.4 is 19.9 Å². The predicted molar refractivity (Wildman–Crippen MR) is 122 cm³/mol. The highest BCUT2D eigenvalue weighted by molar-refractivity contribution is 7.89. The van der Waals surface area contributed by atoms with Crippen LogP contribution in [0.15, 0.2) is 65.6 Å². The minimum absolute atomic E-state index is 0. The van der Waals surface area contributed by atoms with Gasteiger partial charge in [0.15, 0.2) is 11.5 Å². The van der Waals surface area contributed by atoms with Crippen LogP contribution >= 0.6 is 11.6 Å². The molecule has 3 aromatic carbocycles. The first-order valence-corrected chi connectivity index (χ1v) is 11.8. The van der Waals surface area contributed by atoms with Crippen molar-refractivity contribution in [2.24, 2.45) is 5.14 Å². The predicted octanol–water partition coefficient (Wildman–Crippen LogP) is 4.30. The number of hydrogen-bond donors (Lipinski definition) is 2. The van der Waals surface area contributed by atoms with Crippen molar-refractivity contribution >= 4 is 33.2 Å². The molecule has 1 fully saturated rings. The van der Waals surface area contributed by atoms with Crippen molar-refractivity contribution in [3.8, 4) is 22.6 Å². The number of nitrogens with one attached hydrogen (secondary N) is 1. The number of carbonyl (C=O) groups excluding carboxylic acids is 1. The second-order valence-corrected chi connectivity index (χ2v) is 9.84. The maximum absolute atomic E-state index is 13.2. The average molecular weight is 473 g/mol. The molecule has 7 nitrogen and oxygen atoms in total. The van der Waals surface area contributed by atoms with Gasteiger partial charge in [0.05, 0.1) is 10.3 Å². The van der Waals surface area contributed by atoms with Gasteiger partial charge in [-0.2, -0.15) is 0 Å². The lowest BCUT2D eigenvalue weighted by atomic mass is 9.94. The molecule has 9 heteroatoms. The van der Waals surface area contributed by atoms with Crippen LogP contribution in [0, 0.1) is 0 Å². The Hall–Kier alpha value is -3.07. The molecule has 0 unspecified atom stereocenters. The van der Waals surface area contributed by atoms with E-state index in [2.05, 4.69) is 5.32 Å². The molecule has 32 heavy (non-hydrogen) atoms. The number of nitrogens with two attached hydrogens (primary N) is 1. The molecule has 1 heterocycles. The molecule has 1 aliphatic heterocycles. The minimum Gasteiger partial charge on any atom is -0.454 e. The standard InChI is InChI=1S/C23H19ClN2O5S.H2/c24-19-6-5-16(12-18(19)14-2-1-3-17(10-14)32(25,28)29)26-22(27)23(8-9-23)15-4-7-20-21(11-15)31-13-30-20;/h1-7,10-12H,8-9,13H2,(H,26,27)(H2,25,28,29);1H. The van der Waals surface area contributed by atoms with Crippen LogP contribution in [0.5, 0.6) is 11.5 Å². The lowest BCUT2D eigenvalue weighted by molar-refractivity contribution is -0.118. The van der Waals surface area contributed by atoms with E-state index in [9.17, 15) is 13.2 Å². The number of amides is 1. The van der Waals surface area contributed by atoms with E-state index in [1.165, 1.54) is 12.1 Å². The summed E-state index contributed by atoms with van der Waals surface area (Å²) in [6.07, 6.45) is 1.46. The number of primary sulfonamides is 1. The lowest BCUT2D eigenvalue weighted by Gasteiger charge is -2.17. The highest BCUT2D eigenvalue weighted by atomic mass is 35.5. The van der Waals surface area contributed by atoms with E-state index in [1.54, 1.807) is 30.3 Å². The lowest BCUT2D eigenvalue weighted by Crippen LogP contribution is -2.27. The Balaban J connectivity index is 0.00000259. The molecule has 0 atom stereocenters. The third-order valence-corrected chi connectivity index (χ3v) is 7.05. The van der Waals surface area contributed by atoms with Crippen molar-refractivity contribution < 1.29 is 24.1 Å². The van der Waals surface area contributed by atoms with E-state index in [0.29, 0.717) is 33.3 Å². The largest absolute Gasteiger partial charge is 0.454 e. The zero-order valence-corrected chi connectivity index (χ0v) is 18.4. The van der Waals surface area contributed by atoms with Crippen LogP contribution in [0.1, 0.15) is 19.8 Å². The highest BCUT2D eigenvalue weighted by Crippen LogP contribution is 2.51. The molecule has 3 N–H and O–H groups in total. The van der Waals surface area contributed by atoms with Gasteiger partial charge < -0.3 is 14.8 Å². The molecule has 0 bridgehead atoms. The quantitative estimate of drug-likeness (QED) is 0.575. The molecule has 1 aliphatic carbocycles. The number of ether oxygens (including phenoxy) is 2. The van der Waals surface area contributed by atoms with Crippen LogP contribution in [-0.2, 0) is 20.2 Å². The molecular formula is C23H21ClN2O5S. The number of sulfonamides is 1. The zero-order valence-electron chi connectivity index (χ0n) is 16.8. The second kappa shape index (κ2) is 7.51. The third-order valence-electron chi connectivity index (χ3n) is 5.81. The SMILES string of the molecule is NS(=O)(=O)c1cccc(-c2cc(NC(=O)C3(c4ccc5c(c4)OCO5)CC3)ccc2Cl)c1.[HH]. The summed E-state index contributed by atoms with van der Waals surface area (Å²) in [7, 11) is -3.85. The summed E-state index contributed by atoms with van der Waals surface area (Å²) >= 11 is 6.37. The van der Waals surface area contributed by atoms with Gasteiger partial charge in [0.2, 0.25) is 22.7 Å². The Morgan fingerprint density at radius 2 is 1.81 bits per heavy atom. The Labute approximate surface area is 191 Å². The molecule has 0 aromatic heterocycles. The average Bonchev–Trinajstić information content (AvgIpc) is 3.45. The Morgan fingerprint density at radius 1 is 1.03 bits per heavy atom. The summed E-state index contributed by atoms with van der Waals surface area (Å²) in [4.78, 5) is 13.2. The molecule has 2 aliphatic rings. The second-order valence-electron chi connectivity index (χ2n) is 7.87. The van der Waals surface area contributed by atoms with Gasteiger partial charge in [-0.1, -0.05) is 29.8 Å². The molecular weight excluding hydrogens is 452 g/mol. The molecule has 1 amide bonds. The topological polar surface area (TPSA) is 108 Å². The monoisotopic (exact) mass is 472 g/mol. The van der Waals surface area contributed by atoms with Crippen LogP contribution in [0.2, 0.25) is 5.02 Å². The number of hydrogen-bond acceptors (Lipinski definition) is 5. The van der Waals surface area contributed by atoms with Crippen molar-refractivity contribution in [2.45, 2.75) is 23.2 Å². The van der Waals surface area contributed by atoms with Crippen molar-refractivity contribution in [1.29, 1.82) is 0 Å². The van der Waals surface area contributed by atoms with E-state index < -0.39 is 15.4 Å². The number of carbonyl (C=O) groups is 1. The Morgan fingerprint density at radius 3 is 2.56 bits per heavy atom. The Bertz CT molecular complexity index is 1360. The number of benzene rings is 3. The molecule has 3 aromatic rings. The first-order chi connectivity index (χ1) is 15.3. The molecule has 0 radical (unpaired) electrons. The molecule has 0 saturated heterocycles. The van der Waals surface area contributed by atoms with Crippen molar-refractivity contribution in [2.75, 3.05) is 12.1 Å². The summed E-state index contributed by atoms with van der Waals surface area (Å²) in [5.41, 5.74) is 1.99. The number of anilines is 1. The van der Waals surface area contributed by atoms with Gasteiger partial charge in [0.1, 0.15) is 0 Å². The van der Waals surface area contributed by atoms with Gasteiger partial charge in [-0.3, -0.25) is 4.79 Å². The van der Waals surface area contributed by atoms with Crippen LogP contribution in [0.25, 0.3) is 11.1 Å². The maximum atomic E-state index is 13.2. The van der Waals surface area contributed by atoms with Crippen molar-refractivity contribution in [3.63, 3.8) is 0 Å². The molecule has 5 rings (SSSR count). The maximum Gasteiger partial charge on any atom is 0.238 e. The number of halogens is 1. The fraction of sp³-hybridized carbons (Fsp3) is 0.174. The first-order valence-electron chi connectivity index (χ1n) is 9.91. The third kappa shape index (κ3) is 3.70. The van der Waals surface area contributed by atoms with E-state index in [4.69, 9.17) is 26.2 Å². The summed E-state index contributed by atoms with van der Waals surface area (Å²) in [6, 6.07) is 16.9. The summed E-state index contributed by atoms with van der Waals surface area (Å²) in [5, 5.41) is 8.65. The minimum atomic E-state index is -3.85. The van der Waals surface area contributed by atoms with Crippen molar-refractivity contribution in [3.05, 3.63) is 71.2 Å².